The van der Waals surface area contributed by atoms with Gasteiger partial charge < -0.3 is 16.0 Å². The fraction of sp³-hybridized carbons (Fsp3) is 0.923. The van der Waals surface area contributed by atoms with Gasteiger partial charge in [0, 0.05) is 12.6 Å². The molecule has 98 valence electrons. The summed E-state index contributed by atoms with van der Waals surface area (Å²) in [4.78, 5) is 14.7. The lowest BCUT2D eigenvalue weighted by molar-refractivity contribution is -0.128. The second-order valence-corrected chi connectivity index (χ2v) is 5.58. The maximum absolute atomic E-state index is 12.2. The third-order valence-electron chi connectivity index (χ3n) is 4.69. The average Bonchev–Trinajstić information content (AvgIpc) is 2.39. The van der Waals surface area contributed by atoms with Crippen LogP contribution in [0.1, 0.15) is 39.5 Å². The van der Waals surface area contributed by atoms with Crippen LogP contribution in [0.4, 0.5) is 0 Å². The molecule has 0 saturated carbocycles. The van der Waals surface area contributed by atoms with E-state index in [0.29, 0.717) is 24.8 Å². The molecule has 1 atom stereocenters. The van der Waals surface area contributed by atoms with Crippen molar-refractivity contribution in [3.05, 3.63) is 0 Å². The topological polar surface area (TPSA) is 58.4 Å². The highest BCUT2D eigenvalue weighted by atomic mass is 16.2. The van der Waals surface area contributed by atoms with Crippen LogP contribution in [0.15, 0.2) is 0 Å². The summed E-state index contributed by atoms with van der Waals surface area (Å²) in [7, 11) is 0. The Kier molecular flexibility index (Phi) is 3.73. The summed E-state index contributed by atoms with van der Waals surface area (Å²) < 4.78 is 0. The van der Waals surface area contributed by atoms with E-state index in [2.05, 4.69) is 10.2 Å². The molecule has 3 N–H and O–H groups in total. The number of nitrogens with one attached hydrogen (secondary N) is 1. The number of nitrogens with two attached hydrogens (primary N) is 1. The Morgan fingerprint density at radius 1 is 1.35 bits per heavy atom. The van der Waals surface area contributed by atoms with Crippen LogP contribution in [-0.4, -0.2) is 42.0 Å². The Bertz CT molecular complexity index is 280. The van der Waals surface area contributed by atoms with E-state index >= 15 is 0 Å². The normalized spacial score (nSPS) is 32.5. The van der Waals surface area contributed by atoms with E-state index in [1.165, 1.54) is 25.9 Å². The Balaban J connectivity index is 1.95. The molecule has 3 heterocycles. The molecule has 3 rings (SSSR count). The maximum Gasteiger partial charge on any atom is 0.240 e. The standard InChI is InChI=1S/C13H25N3O/c1-3-13(14,4-2)12(17)15-11-9-16-7-5-10(11)6-8-16/h10-11H,3-9,14H2,1-2H3,(H,15,17). The molecular formula is C13H25N3O. The summed E-state index contributed by atoms with van der Waals surface area (Å²) in [6, 6.07) is 0.325. The number of carbonyl (C=O) groups is 1. The van der Waals surface area contributed by atoms with Crippen LogP contribution in [0, 0.1) is 5.92 Å². The number of hydrogen-bond acceptors (Lipinski definition) is 3. The summed E-state index contributed by atoms with van der Waals surface area (Å²) in [6.07, 6.45) is 3.86. The predicted octanol–water partition coefficient (Wildman–Crippen LogP) is 0.714. The van der Waals surface area contributed by atoms with Crippen LogP contribution in [0.3, 0.4) is 0 Å². The van der Waals surface area contributed by atoms with Gasteiger partial charge in [0.05, 0.1) is 5.54 Å². The van der Waals surface area contributed by atoms with Crippen molar-refractivity contribution in [1.82, 2.24) is 10.2 Å². The van der Waals surface area contributed by atoms with Crippen molar-refractivity contribution in [2.45, 2.75) is 51.1 Å². The molecule has 17 heavy (non-hydrogen) atoms. The van der Waals surface area contributed by atoms with Crippen LogP contribution in [-0.2, 0) is 4.79 Å². The maximum atomic E-state index is 12.2. The average molecular weight is 239 g/mol. The zero-order chi connectivity index (χ0) is 12.5. The lowest BCUT2D eigenvalue weighted by atomic mass is 9.83. The fourth-order valence-electron chi connectivity index (χ4n) is 3.01. The first-order valence-corrected chi connectivity index (χ1v) is 6.91. The van der Waals surface area contributed by atoms with E-state index < -0.39 is 5.54 Å². The van der Waals surface area contributed by atoms with Crippen molar-refractivity contribution < 1.29 is 4.79 Å². The minimum atomic E-state index is -0.675. The molecular weight excluding hydrogens is 214 g/mol. The number of carbonyl (C=O) groups excluding carboxylic acids is 1. The van der Waals surface area contributed by atoms with Gasteiger partial charge in [0.1, 0.15) is 0 Å². The molecule has 4 nitrogen and oxygen atoms in total. The first-order valence-electron chi connectivity index (χ1n) is 6.91. The number of piperidine rings is 3. The first kappa shape index (κ1) is 12.8. The summed E-state index contributed by atoms with van der Waals surface area (Å²) in [5, 5.41) is 3.19. The van der Waals surface area contributed by atoms with Gasteiger partial charge >= 0.3 is 0 Å². The van der Waals surface area contributed by atoms with E-state index in [1.54, 1.807) is 0 Å². The molecule has 4 heteroatoms. The first-order chi connectivity index (χ1) is 8.09. The number of amides is 1. The predicted molar refractivity (Wildman–Crippen MR) is 68.6 cm³/mol. The highest BCUT2D eigenvalue weighted by Crippen LogP contribution is 2.28. The Hall–Kier alpha value is -0.610. The molecule has 3 aliphatic rings. The third-order valence-corrected chi connectivity index (χ3v) is 4.69. The minimum Gasteiger partial charge on any atom is -0.350 e. The van der Waals surface area contributed by atoms with Gasteiger partial charge in [-0.2, -0.15) is 0 Å². The number of nitrogens with zero attached hydrogens (tertiary/aromatic N) is 1. The summed E-state index contributed by atoms with van der Waals surface area (Å²) in [5.41, 5.74) is 5.46. The molecule has 0 aromatic carbocycles. The van der Waals surface area contributed by atoms with Crippen molar-refractivity contribution in [1.29, 1.82) is 0 Å². The van der Waals surface area contributed by atoms with Crippen LogP contribution in [0.5, 0.6) is 0 Å². The second-order valence-electron chi connectivity index (χ2n) is 5.58. The van der Waals surface area contributed by atoms with Crippen LogP contribution in [0.2, 0.25) is 0 Å². The Morgan fingerprint density at radius 3 is 2.35 bits per heavy atom. The van der Waals surface area contributed by atoms with E-state index in [9.17, 15) is 4.79 Å². The SMILES string of the molecule is CCC(N)(CC)C(=O)NC1CN2CCC1CC2. The van der Waals surface area contributed by atoms with Gasteiger partial charge in [-0.1, -0.05) is 13.8 Å². The molecule has 1 unspecified atom stereocenters. The van der Waals surface area contributed by atoms with Gasteiger partial charge in [0.15, 0.2) is 0 Å². The smallest absolute Gasteiger partial charge is 0.240 e. The van der Waals surface area contributed by atoms with Gasteiger partial charge in [-0.25, -0.2) is 0 Å². The molecule has 3 saturated heterocycles. The van der Waals surface area contributed by atoms with Crippen molar-refractivity contribution in [3.8, 4) is 0 Å². The highest BCUT2D eigenvalue weighted by Gasteiger charge is 2.38. The molecule has 3 aliphatic heterocycles. The molecule has 0 aromatic rings. The zero-order valence-corrected chi connectivity index (χ0v) is 11.0. The molecule has 3 fully saturated rings. The number of fused-ring (bicyclic) bond motifs is 3. The van der Waals surface area contributed by atoms with E-state index in [1.807, 2.05) is 13.8 Å². The number of hydrogen-bond donors (Lipinski definition) is 2. The minimum absolute atomic E-state index is 0.0428. The van der Waals surface area contributed by atoms with Crippen LogP contribution < -0.4 is 11.1 Å². The van der Waals surface area contributed by atoms with Gasteiger partial charge in [0.25, 0.3) is 0 Å². The molecule has 0 radical (unpaired) electrons. The van der Waals surface area contributed by atoms with Crippen molar-refractivity contribution >= 4 is 5.91 Å². The largest absolute Gasteiger partial charge is 0.350 e. The van der Waals surface area contributed by atoms with Gasteiger partial charge in [-0.3, -0.25) is 4.79 Å². The Morgan fingerprint density at radius 2 is 1.94 bits per heavy atom. The fourth-order valence-corrected chi connectivity index (χ4v) is 3.01. The van der Waals surface area contributed by atoms with Crippen LogP contribution >= 0.6 is 0 Å². The quantitative estimate of drug-likeness (QED) is 0.760. The van der Waals surface area contributed by atoms with Gasteiger partial charge in [0.2, 0.25) is 5.91 Å². The van der Waals surface area contributed by atoms with Crippen molar-refractivity contribution in [2.75, 3.05) is 19.6 Å². The van der Waals surface area contributed by atoms with E-state index in [4.69, 9.17) is 5.73 Å². The summed E-state index contributed by atoms with van der Waals surface area (Å²) in [6.45, 7) is 7.39. The number of rotatable bonds is 4. The summed E-state index contributed by atoms with van der Waals surface area (Å²) >= 11 is 0. The third kappa shape index (κ3) is 2.47. The van der Waals surface area contributed by atoms with Gasteiger partial charge in [-0.15, -0.1) is 0 Å². The lowest BCUT2D eigenvalue weighted by Gasteiger charge is -2.45. The summed E-state index contributed by atoms with van der Waals surface area (Å²) in [5.74, 6) is 0.711. The highest BCUT2D eigenvalue weighted by molar-refractivity contribution is 5.86. The molecule has 1 amide bonds. The van der Waals surface area contributed by atoms with Crippen LogP contribution in [0.25, 0.3) is 0 Å². The van der Waals surface area contributed by atoms with E-state index in [-0.39, 0.29) is 5.91 Å². The lowest BCUT2D eigenvalue weighted by Crippen LogP contribution is -2.62. The Labute approximate surface area is 104 Å². The molecule has 0 aromatic heterocycles. The zero-order valence-electron chi connectivity index (χ0n) is 11.0. The van der Waals surface area contributed by atoms with Crippen molar-refractivity contribution in [3.63, 3.8) is 0 Å². The second kappa shape index (κ2) is 4.94. The molecule has 0 aliphatic carbocycles. The van der Waals surface area contributed by atoms with Gasteiger partial charge in [-0.05, 0) is 44.7 Å². The molecule has 0 spiro atoms. The van der Waals surface area contributed by atoms with Crippen molar-refractivity contribution in [2.24, 2.45) is 11.7 Å². The molecule has 2 bridgehead atoms. The monoisotopic (exact) mass is 239 g/mol. The van der Waals surface area contributed by atoms with E-state index in [0.717, 1.165) is 6.54 Å².